The van der Waals surface area contributed by atoms with Crippen molar-refractivity contribution in [3.8, 4) is 0 Å². The molecule has 0 saturated carbocycles. The topological polar surface area (TPSA) is 24.9 Å². The Bertz CT molecular complexity index is 571. The quantitative estimate of drug-likeness (QED) is 0.865. The Hall–Kier alpha value is -1.67. The van der Waals surface area contributed by atoms with Crippen LogP contribution in [0.5, 0.6) is 0 Å². The van der Waals surface area contributed by atoms with Crippen LogP contribution in [-0.4, -0.2) is 11.0 Å². The zero-order valence-corrected chi connectivity index (χ0v) is 13.6. The van der Waals surface area contributed by atoms with Gasteiger partial charge in [-0.25, -0.2) is 0 Å². The Labute approximate surface area is 128 Å². The Morgan fingerprint density at radius 1 is 1.10 bits per heavy atom. The van der Waals surface area contributed by atoms with Crippen molar-refractivity contribution in [2.45, 2.75) is 53.1 Å². The normalized spacial score (nSPS) is 11.1. The van der Waals surface area contributed by atoms with Gasteiger partial charge in [-0.3, -0.25) is 4.98 Å². The summed E-state index contributed by atoms with van der Waals surface area (Å²) >= 11 is 0. The molecule has 0 radical (unpaired) electrons. The molecule has 1 aromatic carbocycles. The maximum absolute atomic E-state index is 4.56. The molecule has 21 heavy (non-hydrogen) atoms. The van der Waals surface area contributed by atoms with Gasteiger partial charge in [0.05, 0.1) is 0 Å². The van der Waals surface area contributed by atoms with E-state index in [0.717, 1.165) is 25.1 Å². The van der Waals surface area contributed by atoms with Gasteiger partial charge in [0, 0.05) is 30.9 Å². The fourth-order valence-electron chi connectivity index (χ4n) is 2.35. The van der Waals surface area contributed by atoms with Crippen molar-refractivity contribution in [3.05, 3.63) is 64.5 Å². The van der Waals surface area contributed by atoms with E-state index in [1.807, 2.05) is 6.20 Å². The number of nitrogens with zero attached hydrogens (tertiary/aromatic N) is 1. The maximum Gasteiger partial charge on any atom is 0.0447 e. The zero-order valence-electron chi connectivity index (χ0n) is 13.6. The number of hydrogen-bond acceptors (Lipinski definition) is 2. The molecule has 2 nitrogen and oxygen atoms in total. The van der Waals surface area contributed by atoms with Crippen molar-refractivity contribution in [1.82, 2.24) is 10.3 Å². The van der Waals surface area contributed by atoms with Gasteiger partial charge >= 0.3 is 0 Å². The Morgan fingerprint density at radius 3 is 2.43 bits per heavy atom. The van der Waals surface area contributed by atoms with Crippen LogP contribution >= 0.6 is 0 Å². The predicted octanol–water partition coefficient (Wildman–Crippen LogP) is 4.04. The van der Waals surface area contributed by atoms with Crippen LogP contribution in [0.15, 0.2) is 36.5 Å². The molecule has 1 aromatic heterocycles. The summed E-state index contributed by atoms with van der Waals surface area (Å²) < 4.78 is 0. The number of benzene rings is 1. The summed E-state index contributed by atoms with van der Waals surface area (Å²) in [6.07, 6.45) is 3.95. The van der Waals surface area contributed by atoms with Crippen molar-refractivity contribution in [2.75, 3.05) is 0 Å². The molecule has 0 aliphatic rings. The van der Waals surface area contributed by atoms with Crippen LogP contribution in [0.4, 0.5) is 0 Å². The fourth-order valence-corrected chi connectivity index (χ4v) is 2.35. The monoisotopic (exact) mass is 282 g/mol. The van der Waals surface area contributed by atoms with E-state index in [2.05, 4.69) is 68.3 Å². The predicted molar refractivity (Wildman–Crippen MR) is 89.6 cm³/mol. The minimum absolute atomic E-state index is 0.520. The molecule has 1 N–H and O–H groups in total. The lowest BCUT2D eigenvalue weighted by molar-refractivity contribution is 0.588. The van der Waals surface area contributed by atoms with E-state index in [9.17, 15) is 0 Å². The molecule has 0 saturated heterocycles. The standard InChI is InChI=1S/C19H26N2/c1-5-16-7-9-19(21-12-16)11-18-8-6-17(10-15(18)4)13-20-14(2)3/h6-10,12,14,20H,5,11,13H2,1-4H3. The first kappa shape index (κ1) is 15.7. The van der Waals surface area contributed by atoms with E-state index in [1.54, 1.807) is 0 Å². The third kappa shape index (κ3) is 4.68. The number of aromatic nitrogens is 1. The lowest BCUT2D eigenvalue weighted by Crippen LogP contribution is -2.21. The van der Waals surface area contributed by atoms with Crippen LogP contribution in [0.25, 0.3) is 0 Å². The highest BCUT2D eigenvalue weighted by atomic mass is 14.9. The van der Waals surface area contributed by atoms with Gasteiger partial charge in [0.25, 0.3) is 0 Å². The molecule has 0 spiro atoms. The number of rotatable bonds is 6. The summed E-state index contributed by atoms with van der Waals surface area (Å²) in [4.78, 5) is 4.56. The van der Waals surface area contributed by atoms with Gasteiger partial charge < -0.3 is 5.32 Å². The Morgan fingerprint density at radius 2 is 1.86 bits per heavy atom. The highest BCUT2D eigenvalue weighted by Crippen LogP contribution is 2.15. The van der Waals surface area contributed by atoms with Crippen LogP contribution in [0.2, 0.25) is 0 Å². The van der Waals surface area contributed by atoms with E-state index in [4.69, 9.17) is 0 Å². The van der Waals surface area contributed by atoms with Crippen LogP contribution in [0.3, 0.4) is 0 Å². The number of aryl methyl sites for hydroxylation is 2. The molecule has 0 aliphatic carbocycles. The molecule has 112 valence electrons. The van der Waals surface area contributed by atoms with Crippen molar-refractivity contribution < 1.29 is 0 Å². The fraction of sp³-hybridized carbons (Fsp3) is 0.421. The largest absolute Gasteiger partial charge is 0.310 e. The minimum atomic E-state index is 0.520. The second-order valence-electron chi connectivity index (χ2n) is 5.98. The van der Waals surface area contributed by atoms with Gasteiger partial charge in [-0.15, -0.1) is 0 Å². The van der Waals surface area contributed by atoms with E-state index in [-0.39, 0.29) is 0 Å². The first-order valence-electron chi connectivity index (χ1n) is 7.84. The molecular weight excluding hydrogens is 256 g/mol. The van der Waals surface area contributed by atoms with Crippen LogP contribution in [0, 0.1) is 6.92 Å². The van der Waals surface area contributed by atoms with Gasteiger partial charge in [-0.2, -0.15) is 0 Å². The van der Waals surface area contributed by atoms with E-state index >= 15 is 0 Å². The lowest BCUT2D eigenvalue weighted by atomic mass is 10.0. The molecule has 0 fully saturated rings. The average molecular weight is 282 g/mol. The van der Waals surface area contributed by atoms with E-state index in [0.29, 0.717) is 6.04 Å². The Kier molecular flexibility index (Phi) is 5.51. The third-order valence-corrected chi connectivity index (χ3v) is 3.79. The van der Waals surface area contributed by atoms with E-state index < -0.39 is 0 Å². The summed E-state index contributed by atoms with van der Waals surface area (Å²) in [6, 6.07) is 11.6. The SMILES string of the molecule is CCc1ccc(Cc2ccc(CNC(C)C)cc2C)nc1. The second-order valence-corrected chi connectivity index (χ2v) is 5.98. The second kappa shape index (κ2) is 7.37. The van der Waals surface area contributed by atoms with Gasteiger partial charge in [0.2, 0.25) is 0 Å². The molecule has 0 aliphatic heterocycles. The molecule has 0 amide bonds. The van der Waals surface area contributed by atoms with Gasteiger partial charge in [0.1, 0.15) is 0 Å². The Balaban J connectivity index is 2.06. The number of hydrogen-bond donors (Lipinski definition) is 1. The van der Waals surface area contributed by atoms with Crippen molar-refractivity contribution >= 4 is 0 Å². The molecule has 0 bridgehead atoms. The van der Waals surface area contributed by atoms with Gasteiger partial charge in [-0.05, 0) is 41.7 Å². The highest BCUT2D eigenvalue weighted by Gasteiger charge is 2.04. The first-order chi connectivity index (χ1) is 10.1. The minimum Gasteiger partial charge on any atom is -0.310 e. The smallest absolute Gasteiger partial charge is 0.0447 e. The summed E-state index contributed by atoms with van der Waals surface area (Å²) in [5, 5.41) is 3.46. The van der Waals surface area contributed by atoms with Crippen molar-refractivity contribution in [1.29, 1.82) is 0 Å². The molecule has 0 atom stereocenters. The third-order valence-electron chi connectivity index (χ3n) is 3.79. The molecular formula is C19H26N2. The van der Waals surface area contributed by atoms with Crippen LogP contribution in [-0.2, 0) is 19.4 Å². The van der Waals surface area contributed by atoms with Crippen molar-refractivity contribution in [3.63, 3.8) is 0 Å². The maximum atomic E-state index is 4.56. The van der Waals surface area contributed by atoms with Crippen molar-refractivity contribution in [2.24, 2.45) is 0 Å². The lowest BCUT2D eigenvalue weighted by Gasteiger charge is -2.11. The molecule has 1 heterocycles. The van der Waals surface area contributed by atoms with Gasteiger partial charge in [0.15, 0.2) is 0 Å². The molecule has 2 rings (SSSR count). The summed E-state index contributed by atoms with van der Waals surface area (Å²) in [5.41, 5.74) is 6.49. The van der Waals surface area contributed by atoms with Gasteiger partial charge in [-0.1, -0.05) is 45.0 Å². The molecule has 2 heteroatoms. The zero-order chi connectivity index (χ0) is 15.2. The molecule has 0 unspecified atom stereocenters. The average Bonchev–Trinajstić information content (AvgIpc) is 2.48. The molecule has 2 aromatic rings. The van der Waals surface area contributed by atoms with E-state index in [1.165, 1.54) is 22.3 Å². The van der Waals surface area contributed by atoms with Crippen LogP contribution < -0.4 is 5.32 Å². The summed E-state index contributed by atoms with van der Waals surface area (Å²) in [6.45, 7) is 9.63. The summed E-state index contributed by atoms with van der Waals surface area (Å²) in [5.74, 6) is 0. The number of nitrogens with one attached hydrogen (secondary N) is 1. The highest BCUT2D eigenvalue weighted by molar-refractivity contribution is 5.34. The van der Waals surface area contributed by atoms with Crippen LogP contribution in [0.1, 0.15) is 48.7 Å². The first-order valence-corrected chi connectivity index (χ1v) is 7.84. The summed E-state index contributed by atoms with van der Waals surface area (Å²) in [7, 11) is 0. The number of pyridine rings is 1.